The van der Waals surface area contributed by atoms with Crippen molar-refractivity contribution < 1.29 is 0 Å². The third-order valence-electron chi connectivity index (χ3n) is 2.18. The molecule has 0 saturated carbocycles. The fourth-order valence-electron chi connectivity index (χ4n) is 1.37. The fraction of sp³-hybridized carbons (Fsp3) is 0.182. The summed E-state index contributed by atoms with van der Waals surface area (Å²) in [7, 11) is 1.92. The third kappa shape index (κ3) is 1.63. The molecule has 0 aliphatic carbocycles. The highest BCUT2D eigenvalue weighted by atomic mass is 32.1. The van der Waals surface area contributed by atoms with Crippen molar-refractivity contribution >= 4 is 17.0 Å². The first-order chi connectivity index (χ1) is 6.81. The zero-order chi connectivity index (χ0) is 9.97. The highest BCUT2D eigenvalue weighted by Gasteiger charge is 2.03. The van der Waals surface area contributed by atoms with E-state index in [-0.39, 0.29) is 0 Å². The Morgan fingerprint density at radius 3 is 2.43 bits per heavy atom. The minimum Gasteiger partial charge on any atom is -0.388 e. The molecule has 0 saturated heterocycles. The van der Waals surface area contributed by atoms with E-state index in [1.165, 1.54) is 10.4 Å². The number of rotatable bonds is 2. The monoisotopic (exact) mass is 204 g/mol. The molecule has 0 aliphatic heterocycles. The van der Waals surface area contributed by atoms with Crippen LogP contribution >= 0.6 is 11.3 Å². The summed E-state index contributed by atoms with van der Waals surface area (Å²) in [5.74, 6) is 0. The molecule has 0 atom stereocenters. The van der Waals surface area contributed by atoms with Crippen LogP contribution in [-0.2, 0) is 0 Å². The van der Waals surface area contributed by atoms with Gasteiger partial charge >= 0.3 is 0 Å². The van der Waals surface area contributed by atoms with Crippen LogP contribution in [0, 0.1) is 6.92 Å². The Morgan fingerprint density at radius 1 is 1.21 bits per heavy atom. The molecule has 0 amide bonds. The van der Waals surface area contributed by atoms with Crippen molar-refractivity contribution in [3.63, 3.8) is 0 Å². The van der Waals surface area contributed by atoms with E-state index >= 15 is 0 Å². The van der Waals surface area contributed by atoms with E-state index in [1.807, 2.05) is 19.5 Å². The van der Waals surface area contributed by atoms with Crippen LogP contribution in [0.3, 0.4) is 0 Å². The van der Waals surface area contributed by atoms with Crippen LogP contribution in [0.1, 0.15) is 5.69 Å². The van der Waals surface area contributed by atoms with Crippen LogP contribution in [-0.4, -0.2) is 12.0 Å². The van der Waals surface area contributed by atoms with E-state index < -0.39 is 0 Å². The molecule has 2 rings (SSSR count). The Kier molecular flexibility index (Phi) is 2.50. The number of thiazole rings is 1. The van der Waals surface area contributed by atoms with Crippen molar-refractivity contribution in [1.82, 2.24) is 4.98 Å². The number of nitrogens with one attached hydrogen (secondary N) is 1. The Hall–Kier alpha value is -1.35. The summed E-state index contributed by atoms with van der Waals surface area (Å²) in [6.45, 7) is 2.04. The zero-order valence-corrected chi connectivity index (χ0v) is 9.06. The SMILES string of the molecule is CNc1ccc(-c2scnc2C)cc1. The van der Waals surface area contributed by atoms with Gasteiger partial charge in [0.05, 0.1) is 16.1 Å². The summed E-state index contributed by atoms with van der Waals surface area (Å²) in [4.78, 5) is 5.50. The summed E-state index contributed by atoms with van der Waals surface area (Å²) in [6.07, 6.45) is 0. The van der Waals surface area contributed by atoms with Crippen molar-refractivity contribution in [2.75, 3.05) is 12.4 Å². The van der Waals surface area contributed by atoms with E-state index in [9.17, 15) is 0 Å². The van der Waals surface area contributed by atoms with Crippen LogP contribution < -0.4 is 5.32 Å². The van der Waals surface area contributed by atoms with Crippen LogP contribution in [0.25, 0.3) is 10.4 Å². The molecule has 1 N–H and O–H groups in total. The minimum absolute atomic E-state index is 1.10. The van der Waals surface area contributed by atoms with E-state index in [2.05, 4.69) is 34.6 Å². The number of anilines is 1. The largest absolute Gasteiger partial charge is 0.388 e. The van der Waals surface area contributed by atoms with Gasteiger partial charge in [0.15, 0.2) is 0 Å². The van der Waals surface area contributed by atoms with Gasteiger partial charge < -0.3 is 5.32 Å². The van der Waals surface area contributed by atoms with Crippen molar-refractivity contribution in [1.29, 1.82) is 0 Å². The molecule has 0 bridgehead atoms. The third-order valence-corrected chi connectivity index (χ3v) is 3.16. The Balaban J connectivity index is 2.39. The fourth-order valence-corrected chi connectivity index (χ4v) is 2.18. The van der Waals surface area contributed by atoms with Gasteiger partial charge in [-0.15, -0.1) is 11.3 Å². The Bertz CT molecular complexity index is 417. The van der Waals surface area contributed by atoms with E-state index in [0.717, 1.165) is 11.4 Å². The maximum absolute atomic E-state index is 4.24. The quantitative estimate of drug-likeness (QED) is 0.812. The second kappa shape index (κ2) is 3.80. The van der Waals surface area contributed by atoms with Crippen molar-refractivity contribution in [2.45, 2.75) is 6.92 Å². The lowest BCUT2D eigenvalue weighted by Crippen LogP contribution is -1.86. The molecule has 1 heterocycles. The summed E-state index contributed by atoms with van der Waals surface area (Å²) < 4.78 is 0. The smallest absolute Gasteiger partial charge is 0.0801 e. The predicted octanol–water partition coefficient (Wildman–Crippen LogP) is 3.16. The molecule has 2 nitrogen and oxygen atoms in total. The summed E-state index contributed by atoms with van der Waals surface area (Å²) >= 11 is 1.68. The molecule has 0 aliphatic rings. The molecule has 3 heteroatoms. The number of benzene rings is 1. The minimum atomic E-state index is 1.10. The molecule has 0 spiro atoms. The second-order valence-electron chi connectivity index (χ2n) is 3.09. The molecule has 0 radical (unpaired) electrons. The molecule has 2 aromatic rings. The zero-order valence-electron chi connectivity index (χ0n) is 8.24. The Labute approximate surface area is 87.6 Å². The first kappa shape index (κ1) is 9.21. The molecule has 1 aromatic heterocycles. The van der Waals surface area contributed by atoms with Crippen molar-refractivity contribution in [3.8, 4) is 10.4 Å². The van der Waals surface area contributed by atoms with Crippen molar-refractivity contribution in [2.24, 2.45) is 0 Å². The van der Waals surface area contributed by atoms with Gasteiger partial charge in [-0.25, -0.2) is 4.98 Å². The summed E-state index contributed by atoms with van der Waals surface area (Å²) in [5.41, 5.74) is 5.36. The molecule has 0 unspecified atom stereocenters. The lowest BCUT2D eigenvalue weighted by molar-refractivity contribution is 1.27. The van der Waals surface area contributed by atoms with Crippen LogP contribution in [0.5, 0.6) is 0 Å². The molecule has 14 heavy (non-hydrogen) atoms. The number of aromatic nitrogens is 1. The van der Waals surface area contributed by atoms with Gasteiger partial charge in [0, 0.05) is 12.7 Å². The lowest BCUT2D eigenvalue weighted by atomic mass is 10.1. The van der Waals surface area contributed by atoms with Gasteiger partial charge in [0.2, 0.25) is 0 Å². The molecule has 1 aromatic carbocycles. The van der Waals surface area contributed by atoms with Crippen LogP contribution in [0.15, 0.2) is 29.8 Å². The maximum Gasteiger partial charge on any atom is 0.0801 e. The Morgan fingerprint density at radius 2 is 1.93 bits per heavy atom. The normalized spacial score (nSPS) is 10.1. The average molecular weight is 204 g/mol. The predicted molar refractivity (Wildman–Crippen MR) is 61.8 cm³/mol. The number of hydrogen-bond donors (Lipinski definition) is 1. The van der Waals surface area contributed by atoms with Gasteiger partial charge in [-0.1, -0.05) is 12.1 Å². The van der Waals surface area contributed by atoms with Gasteiger partial charge in [-0.05, 0) is 24.6 Å². The van der Waals surface area contributed by atoms with Crippen LogP contribution in [0.4, 0.5) is 5.69 Å². The highest BCUT2D eigenvalue weighted by molar-refractivity contribution is 7.13. The maximum atomic E-state index is 4.24. The van der Waals surface area contributed by atoms with E-state index in [4.69, 9.17) is 0 Å². The number of hydrogen-bond acceptors (Lipinski definition) is 3. The van der Waals surface area contributed by atoms with Crippen molar-refractivity contribution in [3.05, 3.63) is 35.5 Å². The molecular formula is C11H12N2S. The summed E-state index contributed by atoms with van der Waals surface area (Å²) in [6, 6.07) is 8.39. The average Bonchev–Trinajstić information content (AvgIpc) is 2.65. The van der Waals surface area contributed by atoms with Gasteiger partial charge in [-0.2, -0.15) is 0 Å². The first-order valence-corrected chi connectivity index (χ1v) is 5.37. The van der Waals surface area contributed by atoms with E-state index in [0.29, 0.717) is 0 Å². The standard InChI is InChI=1S/C11H12N2S/c1-8-11(14-7-13-8)9-3-5-10(12-2)6-4-9/h3-7,12H,1-2H3. The second-order valence-corrected chi connectivity index (χ2v) is 3.95. The molecular weight excluding hydrogens is 192 g/mol. The molecule has 0 fully saturated rings. The lowest BCUT2D eigenvalue weighted by Gasteiger charge is -2.01. The first-order valence-electron chi connectivity index (χ1n) is 4.49. The number of nitrogens with zero attached hydrogens (tertiary/aromatic N) is 1. The van der Waals surface area contributed by atoms with Crippen LogP contribution in [0.2, 0.25) is 0 Å². The van der Waals surface area contributed by atoms with E-state index in [1.54, 1.807) is 11.3 Å². The number of aryl methyl sites for hydroxylation is 1. The topological polar surface area (TPSA) is 24.9 Å². The highest BCUT2D eigenvalue weighted by Crippen LogP contribution is 2.27. The summed E-state index contributed by atoms with van der Waals surface area (Å²) in [5, 5.41) is 3.10. The van der Waals surface area contributed by atoms with Gasteiger partial charge in [0.1, 0.15) is 0 Å². The van der Waals surface area contributed by atoms with Gasteiger partial charge in [0.25, 0.3) is 0 Å². The molecule has 72 valence electrons. The van der Waals surface area contributed by atoms with Gasteiger partial charge in [-0.3, -0.25) is 0 Å².